The monoisotopic (exact) mass is 394 g/mol. The number of amides is 1. The van der Waals surface area contributed by atoms with Crippen molar-refractivity contribution in [3.8, 4) is 17.2 Å². The van der Waals surface area contributed by atoms with Crippen LogP contribution in [0.5, 0.6) is 17.2 Å². The minimum absolute atomic E-state index is 0.0297. The standard InChI is InChI=1S/C22H22N2O5/c25-21-22(13-29-18-10-20-19(9-16(18)22)27-7-8-28-20)15-3-1-2-4-17(15)24(21)12-14-11-23-5-6-26-14/h1-4,9-10,14,23H,5-8,11-13H2/t14-,22?/m0/s1. The van der Waals surface area contributed by atoms with E-state index in [0.29, 0.717) is 43.6 Å². The van der Waals surface area contributed by atoms with Gasteiger partial charge in [-0.3, -0.25) is 4.79 Å². The number of hydrogen-bond acceptors (Lipinski definition) is 6. The first-order chi connectivity index (χ1) is 14.3. The van der Waals surface area contributed by atoms with Crippen LogP contribution in [0, 0.1) is 0 Å². The van der Waals surface area contributed by atoms with E-state index >= 15 is 0 Å². The van der Waals surface area contributed by atoms with E-state index < -0.39 is 5.41 Å². The molecule has 4 aliphatic rings. The molecule has 1 N–H and O–H groups in total. The highest BCUT2D eigenvalue weighted by Crippen LogP contribution is 2.54. The average Bonchev–Trinajstić information content (AvgIpc) is 3.25. The highest BCUT2D eigenvalue weighted by atomic mass is 16.6. The molecular formula is C22H22N2O5. The fourth-order valence-electron chi connectivity index (χ4n) is 4.83. The van der Waals surface area contributed by atoms with Crippen molar-refractivity contribution in [2.75, 3.05) is 51.0 Å². The Labute approximate surface area is 168 Å². The number of fused-ring (bicyclic) bond motifs is 5. The van der Waals surface area contributed by atoms with Crippen molar-refractivity contribution >= 4 is 11.6 Å². The number of morpholine rings is 1. The minimum atomic E-state index is -0.857. The summed E-state index contributed by atoms with van der Waals surface area (Å²) >= 11 is 0. The van der Waals surface area contributed by atoms with Crippen LogP contribution in [0.4, 0.5) is 5.69 Å². The normalized spacial score (nSPS) is 27.0. The van der Waals surface area contributed by atoms with Crippen molar-refractivity contribution in [2.24, 2.45) is 0 Å². The van der Waals surface area contributed by atoms with E-state index in [4.69, 9.17) is 18.9 Å². The van der Waals surface area contributed by atoms with Gasteiger partial charge in [0.2, 0.25) is 5.91 Å². The van der Waals surface area contributed by atoms with Gasteiger partial charge in [-0.05, 0) is 17.7 Å². The predicted molar refractivity (Wildman–Crippen MR) is 105 cm³/mol. The second kappa shape index (κ2) is 6.37. The van der Waals surface area contributed by atoms with Crippen LogP contribution in [0.1, 0.15) is 11.1 Å². The lowest BCUT2D eigenvalue weighted by Gasteiger charge is -2.29. The van der Waals surface area contributed by atoms with Gasteiger partial charge in [-0.15, -0.1) is 0 Å². The van der Waals surface area contributed by atoms with Gasteiger partial charge in [-0.2, -0.15) is 0 Å². The second-order valence-corrected chi connectivity index (χ2v) is 7.82. The van der Waals surface area contributed by atoms with Crippen molar-refractivity contribution in [1.82, 2.24) is 5.32 Å². The number of carbonyl (C=O) groups is 1. The summed E-state index contributed by atoms with van der Waals surface area (Å²) in [6, 6.07) is 11.8. The maximum atomic E-state index is 13.9. The zero-order valence-electron chi connectivity index (χ0n) is 16.0. The van der Waals surface area contributed by atoms with Crippen molar-refractivity contribution in [1.29, 1.82) is 0 Å². The molecule has 0 radical (unpaired) electrons. The van der Waals surface area contributed by atoms with E-state index in [1.165, 1.54) is 0 Å². The molecule has 4 heterocycles. The highest BCUT2D eigenvalue weighted by molar-refractivity contribution is 6.11. The van der Waals surface area contributed by atoms with E-state index in [0.717, 1.165) is 29.9 Å². The summed E-state index contributed by atoms with van der Waals surface area (Å²) in [5.41, 5.74) is 1.90. The molecule has 2 atom stereocenters. The van der Waals surface area contributed by atoms with Crippen molar-refractivity contribution < 1.29 is 23.7 Å². The molecule has 1 unspecified atom stereocenters. The molecule has 7 nitrogen and oxygen atoms in total. The molecule has 6 rings (SSSR count). The molecule has 0 bridgehead atoms. The Balaban J connectivity index is 1.45. The van der Waals surface area contributed by atoms with Crippen molar-refractivity contribution in [2.45, 2.75) is 11.5 Å². The van der Waals surface area contributed by atoms with Gasteiger partial charge >= 0.3 is 0 Å². The fraction of sp³-hybridized carbons (Fsp3) is 0.409. The smallest absolute Gasteiger partial charge is 0.245 e. The zero-order valence-corrected chi connectivity index (χ0v) is 16.0. The Hall–Kier alpha value is -2.77. The maximum Gasteiger partial charge on any atom is 0.245 e. The lowest BCUT2D eigenvalue weighted by Crippen LogP contribution is -2.49. The van der Waals surface area contributed by atoms with E-state index in [2.05, 4.69) is 5.32 Å². The number of ether oxygens (including phenoxy) is 4. The molecule has 1 amide bonds. The summed E-state index contributed by atoms with van der Waals surface area (Å²) in [6.45, 7) is 4.06. The van der Waals surface area contributed by atoms with Crippen LogP contribution in [-0.4, -0.2) is 58.1 Å². The van der Waals surface area contributed by atoms with Crippen LogP contribution in [0.15, 0.2) is 36.4 Å². The van der Waals surface area contributed by atoms with E-state index in [1.807, 2.05) is 41.3 Å². The summed E-state index contributed by atoms with van der Waals surface area (Å²) in [4.78, 5) is 15.8. The number of para-hydroxylation sites is 1. The number of benzene rings is 2. The molecule has 29 heavy (non-hydrogen) atoms. The topological polar surface area (TPSA) is 69.3 Å². The Morgan fingerprint density at radius 3 is 2.66 bits per heavy atom. The molecule has 1 fully saturated rings. The lowest BCUT2D eigenvalue weighted by atomic mass is 9.77. The molecule has 150 valence electrons. The van der Waals surface area contributed by atoms with Crippen LogP contribution in [0.3, 0.4) is 0 Å². The second-order valence-electron chi connectivity index (χ2n) is 7.82. The van der Waals surface area contributed by atoms with E-state index in [9.17, 15) is 4.79 Å². The summed E-state index contributed by atoms with van der Waals surface area (Å²) in [5.74, 6) is 2.06. The Morgan fingerprint density at radius 2 is 1.83 bits per heavy atom. The molecule has 4 aliphatic heterocycles. The summed E-state index contributed by atoms with van der Waals surface area (Å²) in [7, 11) is 0. The number of hydrogen-bond donors (Lipinski definition) is 1. The third-order valence-corrected chi connectivity index (χ3v) is 6.20. The molecule has 1 spiro atoms. The molecule has 7 heteroatoms. The number of rotatable bonds is 2. The summed E-state index contributed by atoms with van der Waals surface area (Å²) < 4.78 is 23.4. The van der Waals surface area contributed by atoms with Gasteiger partial charge in [-0.25, -0.2) is 0 Å². The fourth-order valence-corrected chi connectivity index (χ4v) is 4.83. The van der Waals surface area contributed by atoms with Crippen LogP contribution < -0.4 is 24.4 Å². The predicted octanol–water partition coefficient (Wildman–Crippen LogP) is 1.47. The van der Waals surface area contributed by atoms with Gasteiger partial charge in [0.1, 0.15) is 31.0 Å². The SMILES string of the molecule is O=C1N(C[C@@H]2CNCCO2)c2ccccc2C12COc1cc3c(cc12)OCCO3. The van der Waals surface area contributed by atoms with Crippen LogP contribution in [0.25, 0.3) is 0 Å². The molecule has 1 saturated heterocycles. The summed E-state index contributed by atoms with van der Waals surface area (Å²) in [5, 5.41) is 3.34. The van der Waals surface area contributed by atoms with Crippen LogP contribution in [0.2, 0.25) is 0 Å². The Bertz CT molecular complexity index is 987. The van der Waals surface area contributed by atoms with E-state index in [-0.39, 0.29) is 18.6 Å². The molecule has 0 aliphatic carbocycles. The van der Waals surface area contributed by atoms with Gasteiger partial charge in [0.15, 0.2) is 11.5 Å². The number of carbonyl (C=O) groups excluding carboxylic acids is 1. The third-order valence-electron chi connectivity index (χ3n) is 6.20. The van der Waals surface area contributed by atoms with E-state index in [1.54, 1.807) is 0 Å². The van der Waals surface area contributed by atoms with Crippen molar-refractivity contribution in [3.63, 3.8) is 0 Å². The molecule has 2 aromatic rings. The summed E-state index contributed by atoms with van der Waals surface area (Å²) in [6.07, 6.45) is -0.0297. The third kappa shape index (κ3) is 2.41. The lowest BCUT2D eigenvalue weighted by molar-refractivity contribution is -0.122. The first kappa shape index (κ1) is 17.1. The number of nitrogens with zero attached hydrogens (tertiary/aromatic N) is 1. The first-order valence-corrected chi connectivity index (χ1v) is 10.1. The first-order valence-electron chi connectivity index (χ1n) is 10.1. The quantitative estimate of drug-likeness (QED) is 0.832. The largest absolute Gasteiger partial charge is 0.491 e. The van der Waals surface area contributed by atoms with Gasteiger partial charge in [0, 0.05) is 30.4 Å². The molecule has 0 saturated carbocycles. The minimum Gasteiger partial charge on any atom is -0.491 e. The van der Waals surface area contributed by atoms with Gasteiger partial charge < -0.3 is 29.2 Å². The maximum absolute atomic E-state index is 13.9. The molecule has 2 aromatic carbocycles. The van der Waals surface area contributed by atoms with Gasteiger partial charge in [0.05, 0.1) is 19.3 Å². The van der Waals surface area contributed by atoms with Gasteiger partial charge in [-0.1, -0.05) is 18.2 Å². The zero-order chi connectivity index (χ0) is 19.4. The van der Waals surface area contributed by atoms with Gasteiger partial charge in [0.25, 0.3) is 0 Å². The number of nitrogens with one attached hydrogen (secondary N) is 1. The van der Waals surface area contributed by atoms with Crippen LogP contribution >= 0.6 is 0 Å². The molecular weight excluding hydrogens is 372 g/mol. The highest BCUT2D eigenvalue weighted by Gasteiger charge is 2.57. The Kier molecular flexibility index (Phi) is 3.76. The molecule has 0 aromatic heterocycles. The number of anilines is 1. The Morgan fingerprint density at radius 1 is 1.00 bits per heavy atom. The van der Waals surface area contributed by atoms with Crippen molar-refractivity contribution in [3.05, 3.63) is 47.5 Å². The average molecular weight is 394 g/mol. The van der Waals surface area contributed by atoms with Crippen LogP contribution in [-0.2, 0) is 14.9 Å².